The second-order valence-electron chi connectivity index (χ2n) is 22.1. The van der Waals surface area contributed by atoms with Crippen LogP contribution in [0.4, 0.5) is 0 Å². The summed E-state index contributed by atoms with van der Waals surface area (Å²) in [6.45, 7) is 5.74. The van der Waals surface area contributed by atoms with Crippen molar-refractivity contribution >= 4 is 11.9 Å². The molecule has 1 amide bonds. The maximum absolute atomic E-state index is 13.4. The number of aliphatic hydroxyl groups is 5. The lowest BCUT2D eigenvalue weighted by Crippen LogP contribution is -2.61. The van der Waals surface area contributed by atoms with Gasteiger partial charge in [-0.15, -0.1) is 0 Å². The van der Waals surface area contributed by atoms with Gasteiger partial charge in [-0.25, -0.2) is 0 Å². The first kappa shape index (κ1) is 73.1. The molecule has 0 aromatic rings. The number of unbranched alkanes of at least 4 members (excludes halogenated alkanes) is 30. The number of rotatable bonds is 54. The molecule has 1 aliphatic heterocycles. The number of ether oxygens (including phenoxy) is 3. The van der Waals surface area contributed by atoms with Crippen LogP contribution >= 0.6 is 0 Å². The SMILES string of the molecule is CCCCC/C=C\C/C=C\C/C=C\C/C=C\CCCCCCCCCCC(O)C(=O)NC(COC1OC(CO)C(O)C(O)C1OC(=O)CCCCC/C=C\CCCCCCCC)C(O)/C=C/CCCCCCCCCCCC. The highest BCUT2D eigenvalue weighted by molar-refractivity contribution is 5.80. The standard InChI is InChI=1S/C67H119NO10/c1-4-7-10-13-16-19-22-25-26-27-28-29-30-31-32-33-34-35-37-39-42-45-48-51-54-60(71)66(75)68-58(59(70)53-50-47-44-41-38-24-21-18-15-12-9-6-3)57-76-67-65(64(74)63(73)61(56-69)77-67)78-62(72)55-52-49-46-43-40-36-23-20-17-14-11-8-5-2/h16,19,25-26,28-29,31-32,36,40,50,53,58-61,63-65,67,69-71,73-74H,4-15,17-18,20-24,27,30,33-35,37-39,41-49,51-52,54-57H2,1-3H3,(H,68,75)/b19-16-,26-25-,29-28-,32-31-,40-36-,53-50+. The first-order chi connectivity index (χ1) is 38.2. The third-order valence-electron chi connectivity index (χ3n) is 14.8. The van der Waals surface area contributed by atoms with Gasteiger partial charge in [-0.1, -0.05) is 248 Å². The van der Waals surface area contributed by atoms with Gasteiger partial charge in [-0.05, 0) is 96.3 Å². The predicted molar refractivity (Wildman–Crippen MR) is 324 cm³/mol. The predicted octanol–water partition coefficient (Wildman–Crippen LogP) is 15.6. The minimum atomic E-state index is -1.62. The van der Waals surface area contributed by atoms with Crippen LogP contribution in [0.15, 0.2) is 72.9 Å². The van der Waals surface area contributed by atoms with Gasteiger partial charge in [-0.2, -0.15) is 0 Å². The zero-order chi connectivity index (χ0) is 56.8. The fraction of sp³-hybridized carbons (Fsp3) is 0.791. The van der Waals surface area contributed by atoms with Gasteiger partial charge in [0.15, 0.2) is 12.4 Å². The van der Waals surface area contributed by atoms with Crippen molar-refractivity contribution in [1.82, 2.24) is 5.32 Å². The van der Waals surface area contributed by atoms with Crippen LogP contribution in [0, 0.1) is 0 Å². The molecule has 1 aliphatic rings. The molecule has 0 bridgehead atoms. The smallest absolute Gasteiger partial charge is 0.306 e. The lowest BCUT2D eigenvalue weighted by atomic mass is 9.99. The fourth-order valence-electron chi connectivity index (χ4n) is 9.69. The van der Waals surface area contributed by atoms with Gasteiger partial charge in [0, 0.05) is 6.42 Å². The van der Waals surface area contributed by atoms with Crippen molar-refractivity contribution in [3.8, 4) is 0 Å². The summed E-state index contributed by atoms with van der Waals surface area (Å²) >= 11 is 0. The molecule has 0 radical (unpaired) electrons. The number of hydrogen-bond acceptors (Lipinski definition) is 10. The second kappa shape index (κ2) is 54.7. The average molecular weight is 1100 g/mol. The Hall–Kier alpha value is -2.90. The third kappa shape index (κ3) is 42.0. The van der Waals surface area contributed by atoms with Crippen molar-refractivity contribution in [1.29, 1.82) is 0 Å². The van der Waals surface area contributed by atoms with Gasteiger partial charge in [0.1, 0.15) is 24.4 Å². The van der Waals surface area contributed by atoms with E-state index in [2.05, 4.69) is 86.8 Å². The first-order valence-corrected chi connectivity index (χ1v) is 32.2. The topological polar surface area (TPSA) is 175 Å². The molecule has 6 N–H and O–H groups in total. The molecule has 0 spiro atoms. The van der Waals surface area contributed by atoms with Crippen LogP contribution in [0.25, 0.3) is 0 Å². The van der Waals surface area contributed by atoms with Crippen molar-refractivity contribution < 1.29 is 49.3 Å². The van der Waals surface area contributed by atoms with Gasteiger partial charge in [0.2, 0.25) is 5.91 Å². The van der Waals surface area contributed by atoms with Gasteiger partial charge < -0.3 is 45.1 Å². The van der Waals surface area contributed by atoms with Crippen molar-refractivity contribution in [2.45, 2.75) is 327 Å². The quantitative estimate of drug-likeness (QED) is 0.0195. The number of carbonyl (C=O) groups is 2. The number of hydrogen-bond donors (Lipinski definition) is 6. The van der Waals surface area contributed by atoms with Crippen LogP contribution in [0.3, 0.4) is 0 Å². The lowest BCUT2D eigenvalue weighted by Gasteiger charge is -2.41. The summed E-state index contributed by atoms with van der Waals surface area (Å²) in [6, 6.07) is -1.03. The third-order valence-corrected chi connectivity index (χ3v) is 14.8. The van der Waals surface area contributed by atoms with Crippen molar-refractivity contribution in [2.24, 2.45) is 0 Å². The molecule has 11 heteroatoms. The molecule has 0 aromatic heterocycles. The summed E-state index contributed by atoms with van der Waals surface area (Å²) in [4.78, 5) is 26.5. The molecular formula is C67H119NO10. The van der Waals surface area contributed by atoms with E-state index in [-0.39, 0.29) is 19.4 Å². The van der Waals surface area contributed by atoms with E-state index in [1.807, 2.05) is 6.08 Å². The van der Waals surface area contributed by atoms with E-state index < -0.39 is 67.4 Å². The van der Waals surface area contributed by atoms with Crippen molar-refractivity contribution in [2.75, 3.05) is 13.2 Å². The molecule has 0 saturated carbocycles. The fourth-order valence-corrected chi connectivity index (χ4v) is 9.69. The van der Waals surface area contributed by atoms with E-state index in [1.165, 1.54) is 141 Å². The number of allylic oxidation sites excluding steroid dienone is 11. The lowest BCUT2D eigenvalue weighted by molar-refractivity contribution is -0.305. The summed E-state index contributed by atoms with van der Waals surface area (Å²) in [7, 11) is 0. The van der Waals surface area contributed by atoms with E-state index >= 15 is 0 Å². The van der Waals surface area contributed by atoms with E-state index in [0.717, 1.165) is 89.9 Å². The van der Waals surface area contributed by atoms with Crippen LogP contribution < -0.4 is 5.32 Å². The molecule has 8 unspecified atom stereocenters. The van der Waals surface area contributed by atoms with Crippen LogP contribution in [0.2, 0.25) is 0 Å². The van der Waals surface area contributed by atoms with E-state index in [1.54, 1.807) is 6.08 Å². The number of nitrogens with one attached hydrogen (secondary N) is 1. The summed E-state index contributed by atoms with van der Waals surface area (Å²) in [6.07, 6.45) is 59.4. The first-order valence-electron chi connectivity index (χ1n) is 32.2. The zero-order valence-corrected chi connectivity index (χ0v) is 50.0. The maximum atomic E-state index is 13.4. The molecule has 11 nitrogen and oxygen atoms in total. The van der Waals surface area contributed by atoms with Crippen molar-refractivity contribution in [3.05, 3.63) is 72.9 Å². The second-order valence-corrected chi connectivity index (χ2v) is 22.1. The van der Waals surface area contributed by atoms with Gasteiger partial charge in [0.25, 0.3) is 0 Å². The van der Waals surface area contributed by atoms with Crippen LogP contribution in [-0.4, -0.2) is 99.6 Å². The minimum absolute atomic E-state index is 0.101. The van der Waals surface area contributed by atoms with E-state index in [4.69, 9.17) is 14.2 Å². The Kier molecular flexibility index (Phi) is 51.3. The molecule has 1 rings (SSSR count). The molecule has 452 valence electrons. The highest BCUT2D eigenvalue weighted by Gasteiger charge is 2.47. The zero-order valence-electron chi connectivity index (χ0n) is 50.0. The summed E-state index contributed by atoms with van der Waals surface area (Å²) in [5.74, 6) is -1.22. The van der Waals surface area contributed by atoms with Crippen molar-refractivity contribution in [3.63, 3.8) is 0 Å². The van der Waals surface area contributed by atoms with Gasteiger partial charge in [0.05, 0.1) is 25.4 Å². The molecule has 8 atom stereocenters. The van der Waals surface area contributed by atoms with Crippen LogP contribution in [0.1, 0.15) is 278 Å². The molecule has 1 fully saturated rings. The number of amides is 1. The Bertz CT molecular complexity index is 1540. The number of aliphatic hydroxyl groups excluding tert-OH is 5. The molecule has 0 aliphatic carbocycles. The van der Waals surface area contributed by atoms with Crippen LogP contribution in [0.5, 0.6) is 0 Å². The number of carbonyl (C=O) groups excluding carboxylic acids is 2. The largest absolute Gasteiger partial charge is 0.454 e. The molecule has 1 heterocycles. The summed E-state index contributed by atoms with van der Waals surface area (Å²) in [5.41, 5.74) is 0. The normalized spacial score (nSPS) is 19.4. The van der Waals surface area contributed by atoms with E-state index in [9.17, 15) is 35.1 Å². The number of esters is 1. The Morgan fingerprint density at radius 1 is 0.500 bits per heavy atom. The summed E-state index contributed by atoms with van der Waals surface area (Å²) < 4.78 is 17.6. The molecule has 78 heavy (non-hydrogen) atoms. The average Bonchev–Trinajstić information content (AvgIpc) is 3.45. The Morgan fingerprint density at radius 2 is 0.885 bits per heavy atom. The van der Waals surface area contributed by atoms with E-state index in [0.29, 0.717) is 12.8 Å². The Balaban J connectivity index is 2.64. The minimum Gasteiger partial charge on any atom is -0.454 e. The van der Waals surface area contributed by atoms with Gasteiger partial charge in [-0.3, -0.25) is 9.59 Å². The summed E-state index contributed by atoms with van der Waals surface area (Å²) in [5, 5.41) is 57.0. The van der Waals surface area contributed by atoms with Crippen LogP contribution in [-0.2, 0) is 23.8 Å². The van der Waals surface area contributed by atoms with Gasteiger partial charge >= 0.3 is 5.97 Å². The highest BCUT2D eigenvalue weighted by Crippen LogP contribution is 2.26. The molecule has 1 saturated heterocycles. The Labute approximate surface area is 477 Å². The monoisotopic (exact) mass is 1100 g/mol. The molecule has 0 aromatic carbocycles. The molecular weight excluding hydrogens is 979 g/mol. The maximum Gasteiger partial charge on any atom is 0.306 e. The highest BCUT2D eigenvalue weighted by atomic mass is 16.7. The Morgan fingerprint density at radius 3 is 1.36 bits per heavy atom.